The first-order valence-corrected chi connectivity index (χ1v) is 5.82. The van der Waals surface area contributed by atoms with E-state index in [1.807, 2.05) is 31.2 Å². The molecule has 0 aliphatic heterocycles. The highest BCUT2D eigenvalue weighted by atomic mass is 32.1. The molecule has 1 N–H and O–H groups in total. The minimum Gasteiger partial charge on any atom is -0.306 e. The van der Waals surface area contributed by atoms with Crippen LogP contribution in [0.15, 0.2) is 44.3 Å². The first kappa shape index (κ1) is 11.1. The largest absolute Gasteiger partial charge is 0.307 e. The van der Waals surface area contributed by atoms with Crippen molar-refractivity contribution in [1.82, 2.24) is 4.98 Å². The van der Waals surface area contributed by atoms with Gasteiger partial charge in [0, 0.05) is 0 Å². The summed E-state index contributed by atoms with van der Waals surface area (Å²) in [6.45, 7) is 2.00. The third-order valence-electron chi connectivity index (χ3n) is 1.90. The second-order valence-corrected chi connectivity index (χ2v) is 4.61. The number of nitrogens with one attached hydrogen (secondary N) is 1. The lowest BCUT2D eigenvalue weighted by Gasteiger charge is -1.92. The highest BCUT2D eigenvalue weighted by Gasteiger charge is 2.02. The second kappa shape index (κ2) is 4.63. The van der Waals surface area contributed by atoms with Crippen molar-refractivity contribution in [2.75, 3.05) is 0 Å². The summed E-state index contributed by atoms with van der Waals surface area (Å²) in [5, 5.41) is 8.93. The van der Waals surface area contributed by atoms with Gasteiger partial charge in [-0.15, -0.1) is 22.9 Å². The van der Waals surface area contributed by atoms with Gasteiger partial charge in [-0.3, -0.25) is 4.79 Å². The number of aromatic amines is 1. The number of rotatable bonds is 2. The minimum atomic E-state index is -0.178. The van der Waals surface area contributed by atoms with Crippen LogP contribution in [0.25, 0.3) is 0 Å². The van der Waals surface area contributed by atoms with Gasteiger partial charge in [0.25, 0.3) is 0 Å². The monoisotopic (exact) mass is 251 g/mol. The van der Waals surface area contributed by atoms with Gasteiger partial charge in [0.05, 0.1) is 5.69 Å². The zero-order valence-corrected chi connectivity index (χ0v) is 10.2. The van der Waals surface area contributed by atoms with E-state index in [0.717, 1.165) is 17.0 Å². The molecule has 0 amide bonds. The molecule has 1 heterocycles. The molecule has 0 fully saturated rings. The summed E-state index contributed by atoms with van der Waals surface area (Å²) in [7, 11) is 0. The second-order valence-electron chi connectivity index (χ2n) is 3.20. The number of hydrogen-bond donors (Lipinski definition) is 2. The third kappa shape index (κ3) is 2.59. The van der Waals surface area contributed by atoms with Crippen LogP contribution in [0.4, 0.5) is 10.7 Å². The summed E-state index contributed by atoms with van der Waals surface area (Å²) in [6.07, 6.45) is 0. The van der Waals surface area contributed by atoms with E-state index in [0.29, 0.717) is 10.0 Å². The van der Waals surface area contributed by atoms with Crippen LogP contribution >= 0.6 is 24.0 Å². The lowest BCUT2D eigenvalue weighted by molar-refractivity contribution is 1.13. The third-order valence-corrected chi connectivity index (χ3v) is 3.14. The fraction of sp³-hybridized carbons (Fsp3) is 0.100. The lowest BCUT2D eigenvalue weighted by Crippen LogP contribution is -1.89. The van der Waals surface area contributed by atoms with Crippen LogP contribution in [0.5, 0.6) is 0 Å². The molecule has 4 nitrogen and oxygen atoms in total. The molecule has 0 bridgehead atoms. The van der Waals surface area contributed by atoms with Crippen LogP contribution in [-0.4, -0.2) is 4.98 Å². The Balaban J connectivity index is 2.24. The fourth-order valence-electron chi connectivity index (χ4n) is 1.09. The number of H-pyrrole nitrogens is 1. The number of aryl methyl sites for hydroxylation is 1. The van der Waals surface area contributed by atoms with Crippen LogP contribution in [-0.2, 0) is 0 Å². The Morgan fingerprint density at radius 2 is 1.94 bits per heavy atom. The molecular weight excluding hydrogens is 242 g/mol. The summed E-state index contributed by atoms with van der Waals surface area (Å²) in [6, 6.07) is 7.64. The highest BCUT2D eigenvalue weighted by Crippen LogP contribution is 2.26. The predicted octanol–water partition coefficient (Wildman–Crippen LogP) is 3.45. The molecular formula is C10H9N3OS2. The van der Waals surface area contributed by atoms with Crippen molar-refractivity contribution in [2.45, 2.75) is 11.9 Å². The average molecular weight is 251 g/mol. The van der Waals surface area contributed by atoms with E-state index in [-0.39, 0.29) is 4.87 Å². The maximum absolute atomic E-state index is 11.0. The molecule has 0 saturated heterocycles. The standard InChI is InChI=1S/C10H9N3OS2/c1-6-2-4-7(5-3-6)12-13-9-8(15)11-10(14)16-9/h2-5,15H,1H3,(H,11,14). The Hall–Kier alpha value is -1.40. The minimum absolute atomic E-state index is 0.178. The molecule has 16 heavy (non-hydrogen) atoms. The molecule has 82 valence electrons. The van der Waals surface area contributed by atoms with Crippen molar-refractivity contribution in [2.24, 2.45) is 10.2 Å². The number of thiol groups is 1. The maximum Gasteiger partial charge on any atom is 0.307 e. The first-order valence-electron chi connectivity index (χ1n) is 4.55. The van der Waals surface area contributed by atoms with E-state index in [2.05, 4.69) is 27.8 Å². The maximum atomic E-state index is 11.0. The average Bonchev–Trinajstić information content (AvgIpc) is 2.57. The molecule has 0 atom stereocenters. The zero-order chi connectivity index (χ0) is 11.5. The van der Waals surface area contributed by atoms with Crippen molar-refractivity contribution in [3.63, 3.8) is 0 Å². The van der Waals surface area contributed by atoms with Crippen LogP contribution in [0.2, 0.25) is 0 Å². The first-order chi connectivity index (χ1) is 7.65. The Labute approximate surface area is 101 Å². The van der Waals surface area contributed by atoms with Gasteiger partial charge in [-0.05, 0) is 19.1 Å². The summed E-state index contributed by atoms with van der Waals surface area (Å²) in [4.78, 5) is 13.3. The van der Waals surface area contributed by atoms with Crippen molar-refractivity contribution in [3.05, 3.63) is 39.5 Å². The van der Waals surface area contributed by atoms with Crippen LogP contribution < -0.4 is 4.87 Å². The van der Waals surface area contributed by atoms with Crippen LogP contribution in [0.1, 0.15) is 5.56 Å². The molecule has 1 aromatic heterocycles. The van der Waals surface area contributed by atoms with Gasteiger partial charge in [0.15, 0.2) is 5.00 Å². The summed E-state index contributed by atoms with van der Waals surface area (Å²) < 4.78 is 0. The van der Waals surface area contributed by atoms with Gasteiger partial charge < -0.3 is 4.98 Å². The van der Waals surface area contributed by atoms with E-state index in [9.17, 15) is 4.79 Å². The van der Waals surface area contributed by atoms with E-state index in [1.165, 1.54) is 5.56 Å². The SMILES string of the molecule is Cc1ccc(N=Nc2sc(=O)[nH]c2S)cc1. The van der Waals surface area contributed by atoms with Crippen molar-refractivity contribution in [3.8, 4) is 0 Å². The van der Waals surface area contributed by atoms with Crippen molar-refractivity contribution in [1.29, 1.82) is 0 Å². The van der Waals surface area contributed by atoms with Gasteiger partial charge in [-0.1, -0.05) is 29.0 Å². The number of aromatic nitrogens is 1. The van der Waals surface area contributed by atoms with Gasteiger partial charge >= 0.3 is 4.87 Å². The van der Waals surface area contributed by atoms with Crippen LogP contribution in [0.3, 0.4) is 0 Å². The van der Waals surface area contributed by atoms with E-state index < -0.39 is 0 Å². The van der Waals surface area contributed by atoms with Gasteiger partial charge in [0.2, 0.25) is 0 Å². The number of thiazole rings is 1. The Bertz CT molecular complexity index is 568. The predicted molar refractivity (Wildman–Crippen MR) is 67.5 cm³/mol. The highest BCUT2D eigenvalue weighted by molar-refractivity contribution is 7.80. The summed E-state index contributed by atoms with van der Waals surface area (Å²) in [5.41, 5.74) is 1.92. The molecule has 0 unspecified atom stereocenters. The number of azo groups is 1. The Morgan fingerprint density at radius 3 is 2.50 bits per heavy atom. The fourth-order valence-corrected chi connectivity index (χ4v) is 2.01. The zero-order valence-electron chi connectivity index (χ0n) is 8.47. The summed E-state index contributed by atoms with van der Waals surface area (Å²) >= 11 is 5.07. The molecule has 2 aromatic rings. The van der Waals surface area contributed by atoms with Gasteiger partial charge in [0.1, 0.15) is 5.03 Å². The summed E-state index contributed by atoms with van der Waals surface area (Å²) in [5.74, 6) is 0. The molecule has 0 spiro atoms. The van der Waals surface area contributed by atoms with E-state index >= 15 is 0 Å². The molecule has 0 aliphatic rings. The Kier molecular flexibility index (Phi) is 3.21. The van der Waals surface area contributed by atoms with Gasteiger partial charge in [-0.25, -0.2) is 0 Å². The molecule has 1 aromatic carbocycles. The normalized spacial score (nSPS) is 11.1. The molecule has 0 aliphatic carbocycles. The smallest absolute Gasteiger partial charge is 0.306 e. The van der Waals surface area contributed by atoms with E-state index in [4.69, 9.17) is 0 Å². The quantitative estimate of drug-likeness (QED) is 0.623. The van der Waals surface area contributed by atoms with Crippen LogP contribution in [0, 0.1) is 6.92 Å². The number of benzene rings is 1. The molecule has 2 rings (SSSR count). The molecule has 6 heteroatoms. The number of hydrogen-bond acceptors (Lipinski definition) is 5. The topological polar surface area (TPSA) is 57.6 Å². The molecule has 0 saturated carbocycles. The number of nitrogens with zero attached hydrogens (tertiary/aromatic N) is 2. The molecule has 0 radical (unpaired) electrons. The lowest BCUT2D eigenvalue weighted by atomic mass is 10.2. The Morgan fingerprint density at radius 1 is 1.25 bits per heavy atom. The van der Waals surface area contributed by atoms with E-state index in [1.54, 1.807) is 0 Å². The van der Waals surface area contributed by atoms with Gasteiger partial charge in [-0.2, -0.15) is 0 Å². The van der Waals surface area contributed by atoms with Crippen molar-refractivity contribution >= 4 is 34.7 Å². The van der Waals surface area contributed by atoms with Crippen molar-refractivity contribution < 1.29 is 0 Å².